The molecule has 0 fully saturated rings. The Hall–Kier alpha value is -0.490. The average molecular weight is 669 g/mol. The molecule has 0 aliphatic rings. The molecule has 4 N–H and O–H groups in total. The van der Waals surface area contributed by atoms with Crippen LogP contribution in [0.25, 0.3) is 0 Å². The predicted molar refractivity (Wildman–Crippen MR) is 202 cm³/mol. The van der Waals surface area contributed by atoms with E-state index in [9.17, 15) is 25.2 Å². The Labute approximate surface area is 293 Å². The maximum atomic E-state index is 12.4. The molecule has 0 rings (SSSR count). The number of carbonyl (C=O) groups is 1. The first-order valence-electron chi connectivity index (χ1n) is 21.1. The summed E-state index contributed by atoms with van der Waals surface area (Å²) in [6.45, 7) is 6.85. The molecule has 0 aromatic carbocycles. The molecule has 282 valence electrons. The second-order valence-electron chi connectivity index (χ2n) is 15.5. The zero-order valence-electron chi connectivity index (χ0n) is 31.9. The summed E-state index contributed by atoms with van der Waals surface area (Å²) in [5, 5.41) is 41.1. The Kier molecular flexibility index (Phi) is 35.0. The zero-order chi connectivity index (χ0) is 34.8. The van der Waals surface area contributed by atoms with Gasteiger partial charge in [-0.3, -0.25) is 4.79 Å². The van der Waals surface area contributed by atoms with Crippen LogP contribution in [-0.2, 0) is 4.79 Å². The van der Waals surface area contributed by atoms with Crippen LogP contribution >= 0.6 is 0 Å². The summed E-state index contributed by atoms with van der Waals surface area (Å²) in [5.41, 5.74) is 0. The molecule has 0 saturated heterocycles. The van der Waals surface area contributed by atoms with Crippen LogP contribution in [-0.4, -0.2) is 50.6 Å². The molecule has 5 heteroatoms. The predicted octanol–water partition coefficient (Wildman–Crippen LogP) is 11.5. The average Bonchev–Trinajstić information content (AvgIpc) is 3.05. The summed E-state index contributed by atoms with van der Waals surface area (Å²) < 4.78 is 0. The van der Waals surface area contributed by atoms with Crippen molar-refractivity contribution in [3.05, 3.63) is 0 Å². The third kappa shape index (κ3) is 32.5. The van der Waals surface area contributed by atoms with E-state index in [0.717, 1.165) is 44.4 Å². The topological polar surface area (TPSA) is 98.0 Å². The largest absolute Gasteiger partial charge is 0.390 e. The molecule has 0 saturated carbocycles. The van der Waals surface area contributed by atoms with Gasteiger partial charge in [0.05, 0.1) is 12.2 Å². The molecule has 0 aromatic rings. The van der Waals surface area contributed by atoms with Crippen molar-refractivity contribution in [2.75, 3.05) is 0 Å². The first-order valence-corrected chi connectivity index (χ1v) is 21.1. The minimum atomic E-state index is -1.43. The van der Waals surface area contributed by atoms with Gasteiger partial charge in [-0.15, -0.1) is 0 Å². The SMILES string of the molecule is CCCCCCCCCCCCCCCCCCCCCC[C@@H](O)C(=O)C(O)CC(O)C(O)CCCCCCCCCCCC(C)C. The molecule has 0 aromatic heterocycles. The van der Waals surface area contributed by atoms with Crippen molar-refractivity contribution in [2.24, 2.45) is 5.92 Å². The van der Waals surface area contributed by atoms with Crippen LogP contribution in [0.4, 0.5) is 0 Å². The molecule has 5 nitrogen and oxygen atoms in total. The van der Waals surface area contributed by atoms with Crippen molar-refractivity contribution in [1.29, 1.82) is 0 Å². The number of hydrogen-bond acceptors (Lipinski definition) is 5. The Bertz CT molecular complexity index is 639. The second-order valence-corrected chi connectivity index (χ2v) is 15.5. The van der Waals surface area contributed by atoms with Gasteiger partial charge in [0.1, 0.15) is 12.2 Å². The van der Waals surface area contributed by atoms with Crippen molar-refractivity contribution < 1.29 is 25.2 Å². The molecule has 47 heavy (non-hydrogen) atoms. The second kappa shape index (κ2) is 35.3. The number of rotatable bonds is 38. The molecule has 0 spiro atoms. The van der Waals surface area contributed by atoms with E-state index in [2.05, 4.69) is 20.8 Å². The molecule has 0 aliphatic heterocycles. The highest BCUT2D eigenvalue weighted by Crippen LogP contribution is 2.18. The van der Waals surface area contributed by atoms with Crippen molar-refractivity contribution in [2.45, 2.75) is 257 Å². The van der Waals surface area contributed by atoms with Crippen LogP contribution in [0.1, 0.15) is 233 Å². The van der Waals surface area contributed by atoms with Crippen LogP contribution in [0, 0.1) is 5.92 Å². The van der Waals surface area contributed by atoms with E-state index in [4.69, 9.17) is 0 Å². The van der Waals surface area contributed by atoms with E-state index >= 15 is 0 Å². The molecule has 3 unspecified atom stereocenters. The highest BCUT2D eigenvalue weighted by atomic mass is 16.3. The van der Waals surface area contributed by atoms with Crippen LogP contribution in [0.5, 0.6) is 0 Å². The van der Waals surface area contributed by atoms with Gasteiger partial charge in [0.25, 0.3) is 0 Å². The minimum Gasteiger partial charge on any atom is -0.390 e. The van der Waals surface area contributed by atoms with Crippen molar-refractivity contribution >= 4 is 5.78 Å². The number of hydrogen-bond donors (Lipinski definition) is 4. The highest BCUT2D eigenvalue weighted by Gasteiger charge is 2.28. The van der Waals surface area contributed by atoms with Gasteiger partial charge in [-0.2, -0.15) is 0 Å². The van der Waals surface area contributed by atoms with Gasteiger partial charge in [-0.25, -0.2) is 0 Å². The lowest BCUT2D eigenvalue weighted by atomic mass is 9.95. The third-order valence-electron chi connectivity index (χ3n) is 10.2. The number of unbranched alkanes of at least 4 members (excludes halogenated alkanes) is 27. The smallest absolute Gasteiger partial charge is 0.189 e. The summed E-state index contributed by atoms with van der Waals surface area (Å²) in [6, 6.07) is 0. The standard InChI is InChI=1S/C42H84O5/c1-4-5-6-7-8-9-10-11-12-13-14-15-16-17-18-19-22-26-29-32-35-39(44)42(47)41(46)36-40(45)38(43)34-31-28-25-23-20-21-24-27-30-33-37(2)3/h37-41,43-46H,4-36H2,1-3H3/t38?,39-,40?,41?/m1/s1. The minimum absolute atomic E-state index is 0.215. The third-order valence-corrected chi connectivity index (χ3v) is 10.2. The lowest BCUT2D eigenvalue weighted by Crippen LogP contribution is -2.38. The molecule has 0 radical (unpaired) electrons. The molecular weight excluding hydrogens is 584 g/mol. The van der Waals surface area contributed by atoms with Gasteiger partial charge in [0.2, 0.25) is 0 Å². The summed E-state index contributed by atoms with van der Waals surface area (Å²) in [5.74, 6) is 0.181. The maximum Gasteiger partial charge on any atom is 0.189 e. The summed E-state index contributed by atoms with van der Waals surface area (Å²) >= 11 is 0. The van der Waals surface area contributed by atoms with Gasteiger partial charge in [0.15, 0.2) is 5.78 Å². The van der Waals surface area contributed by atoms with E-state index in [0.29, 0.717) is 12.8 Å². The van der Waals surface area contributed by atoms with Gasteiger partial charge >= 0.3 is 0 Å². The van der Waals surface area contributed by atoms with E-state index in [1.54, 1.807) is 0 Å². The fourth-order valence-electron chi connectivity index (χ4n) is 6.80. The van der Waals surface area contributed by atoms with Gasteiger partial charge < -0.3 is 20.4 Å². The normalized spacial score (nSPS) is 14.5. The number of ketones is 1. The highest BCUT2D eigenvalue weighted by molar-refractivity contribution is 5.86. The fraction of sp³-hybridized carbons (Fsp3) is 0.976. The summed E-state index contributed by atoms with van der Waals surface area (Å²) in [7, 11) is 0. The summed E-state index contributed by atoms with van der Waals surface area (Å²) in [4.78, 5) is 12.4. The molecule has 0 bridgehead atoms. The first kappa shape index (κ1) is 46.5. The van der Waals surface area contributed by atoms with E-state index in [1.165, 1.54) is 154 Å². The van der Waals surface area contributed by atoms with Crippen molar-refractivity contribution in [1.82, 2.24) is 0 Å². The van der Waals surface area contributed by atoms with Crippen LogP contribution < -0.4 is 0 Å². The number of Topliss-reactive ketones (excluding diaryl/α,β-unsaturated/α-hetero) is 1. The zero-order valence-corrected chi connectivity index (χ0v) is 31.9. The van der Waals surface area contributed by atoms with Crippen LogP contribution in [0.3, 0.4) is 0 Å². The molecule has 0 aliphatic carbocycles. The van der Waals surface area contributed by atoms with Crippen molar-refractivity contribution in [3.8, 4) is 0 Å². The van der Waals surface area contributed by atoms with Crippen molar-refractivity contribution in [3.63, 3.8) is 0 Å². The van der Waals surface area contributed by atoms with E-state index < -0.39 is 30.2 Å². The molecule has 0 heterocycles. The molecule has 0 amide bonds. The Morgan fingerprint density at radius 2 is 0.681 bits per heavy atom. The van der Waals surface area contributed by atoms with Crippen LogP contribution in [0.15, 0.2) is 0 Å². The van der Waals surface area contributed by atoms with Gasteiger partial charge in [0, 0.05) is 6.42 Å². The molecule has 4 atom stereocenters. The molecular formula is C42H84O5. The lowest BCUT2D eigenvalue weighted by molar-refractivity contribution is -0.138. The number of aliphatic hydroxyl groups is 4. The van der Waals surface area contributed by atoms with E-state index in [1.807, 2.05) is 0 Å². The van der Waals surface area contributed by atoms with Gasteiger partial charge in [-0.1, -0.05) is 213 Å². The van der Waals surface area contributed by atoms with E-state index in [-0.39, 0.29) is 6.42 Å². The van der Waals surface area contributed by atoms with Gasteiger partial charge in [-0.05, 0) is 18.8 Å². The fourth-order valence-corrected chi connectivity index (χ4v) is 6.80. The maximum absolute atomic E-state index is 12.4. The lowest BCUT2D eigenvalue weighted by Gasteiger charge is -2.21. The number of aliphatic hydroxyl groups excluding tert-OH is 4. The monoisotopic (exact) mass is 669 g/mol. The summed E-state index contributed by atoms with van der Waals surface area (Å²) in [6.07, 6.45) is 34.3. The quantitative estimate of drug-likeness (QED) is 0.0491. The Morgan fingerprint density at radius 3 is 1.02 bits per heavy atom. The Balaban J connectivity index is 3.59. The number of carbonyl (C=O) groups excluding carboxylic acids is 1. The van der Waals surface area contributed by atoms with Crippen LogP contribution in [0.2, 0.25) is 0 Å². The Morgan fingerprint density at radius 1 is 0.383 bits per heavy atom. The first-order chi connectivity index (χ1) is 22.8.